The molecule has 11 heteroatoms. The highest BCUT2D eigenvalue weighted by Crippen LogP contribution is 2.27. The van der Waals surface area contributed by atoms with Gasteiger partial charge < -0.3 is 15.4 Å². The van der Waals surface area contributed by atoms with E-state index in [-0.39, 0.29) is 5.75 Å². The molecule has 8 nitrogen and oxygen atoms in total. The Morgan fingerprint density at radius 3 is 2.50 bits per heavy atom. The maximum absolute atomic E-state index is 12.4. The normalized spacial score (nSPS) is 11.2. The van der Waals surface area contributed by atoms with Crippen molar-refractivity contribution in [1.29, 1.82) is 5.26 Å². The van der Waals surface area contributed by atoms with Gasteiger partial charge in [0.25, 0.3) is 0 Å². The summed E-state index contributed by atoms with van der Waals surface area (Å²) in [6.45, 7) is 1.04. The molecule has 3 heterocycles. The Morgan fingerprint density at radius 2 is 1.81 bits per heavy atom. The number of alkyl halides is 3. The Labute approximate surface area is 180 Å². The first-order chi connectivity index (χ1) is 15.4. The van der Waals surface area contributed by atoms with Crippen LogP contribution in [0.3, 0.4) is 0 Å². The number of benzene rings is 1. The molecule has 0 aliphatic carbocycles. The average molecular weight is 439 g/mol. The van der Waals surface area contributed by atoms with Crippen molar-refractivity contribution >= 4 is 17.4 Å². The summed E-state index contributed by atoms with van der Waals surface area (Å²) >= 11 is 0. The predicted molar refractivity (Wildman–Crippen MR) is 111 cm³/mol. The number of halogens is 3. The molecule has 0 fully saturated rings. The van der Waals surface area contributed by atoms with E-state index in [2.05, 4.69) is 30.3 Å². The van der Waals surface area contributed by atoms with Gasteiger partial charge in [0.05, 0.1) is 11.3 Å². The highest BCUT2D eigenvalue weighted by Gasteiger charge is 2.31. The van der Waals surface area contributed by atoms with Crippen LogP contribution in [-0.4, -0.2) is 38.8 Å². The topological polar surface area (TPSA) is 100 Å². The quantitative estimate of drug-likeness (QED) is 0.419. The maximum Gasteiger partial charge on any atom is 0.573 e. The number of nitrogens with one attached hydrogen (secondary N) is 2. The van der Waals surface area contributed by atoms with E-state index in [1.807, 2.05) is 6.07 Å². The highest BCUT2D eigenvalue weighted by atomic mass is 19.4. The fraction of sp³-hybridized carbons (Fsp3) is 0.143. The first-order valence-corrected chi connectivity index (χ1v) is 9.45. The van der Waals surface area contributed by atoms with Crippen LogP contribution < -0.4 is 15.4 Å². The summed E-state index contributed by atoms with van der Waals surface area (Å²) in [5, 5.41) is 15.2. The third-order valence-electron chi connectivity index (χ3n) is 4.38. The van der Waals surface area contributed by atoms with Gasteiger partial charge in [0, 0.05) is 43.3 Å². The van der Waals surface area contributed by atoms with Crippen LogP contribution in [0.15, 0.2) is 61.1 Å². The lowest BCUT2D eigenvalue weighted by atomic mass is 10.1. The first kappa shape index (κ1) is 20.9. The zero-order valence-electron chi connectivity index (χ0n) is 16.5. The van der Waals surface area contributed by atoms with Gasteiger partial charge in [0.15, 0.2) is 0 Å². The van der Waals surface area contributed by atoms with Crippen molar-refractivity contribution in [3.8, 4) is 23.1 Å². The minimum Gasteiger partial charge on any atom is -0.406 e. The van der Waals surface area contributed by atoms with E-state index in [1.54, 1.807) is 35.0 Å². The summed E-state index contributed by atoms with van der Waals surface area (Å²) in [6.07, 6.45) is 0.128. The summed E-state index contributed by atoms with van der Waals surface area (Å²) in [5.41, 5.74) is 2.28. The molecule has 4 rings (SSSR count). The van der Waals surface area contributed by atoms with Crippen LogP contribution in [0.4, 0.5) is 24.9 Å². The minimum absolute atomic E-state index is 0.302. The summed E-state index contributed by atoms with van der Waals surface area (Å²) in [6, 6.07) is 12.6. The minimum atomic E-state index is -4.74. The Balaban J connectivity index is 1.46. The largest absolute Gasteiger partial charge is 0.573 e. The highest BCUT2D eigenvalue weighted by molar-refractivity contribution is 5.66. The average Bonchev–Trinajstić information content (AvgIpc) is 3.25. The molecule has 0 unspecified atom stereocenters. The maximum atomic E-state index is 12.4. The van der Waals surface area contributed by atoms with E-state index in [1.165, 1.54) is 30.5 Å². The standard InChI is InChI=1S/C21H16F3N7O/c22-21(23,24)32-16-4-2-15(3-5-16)17-11-19-27-9-10-31(19)20(30-17)28-8-7-26-18-6-1-14(12-25)13-29-18/h1-6,9-11,13H,7-8H2,(H,26,29)(H,28,30). The number of fused-ring (bicyclic) bond motifs is 1. The molecule has 2 N–H and O–H groups in total. The molecule has 4 aromatic rings. The molecule has 0 saturated carbocycles. The van der Waals surface area contributed by atoms with Crippen LogP contribution in [0.2, 0.25) is 0 Å². The molecule has 162 valence electrons. The van der Waals surface area contributed by atoms with E-state index in [9.17, 15) is 13.2 Å². The molecule has 0 aliphatic heterocycles. The van der Waals surface area contributed by atoms with Gasteiger partial charge in [-0.2, -0.15) is 5.26 Å². The van der Waals surface area contributed by atoms with E-state index in [0.29, 0.717) is 47.3 Å². The van der Waals surface area contributed by atoms with Gasteiger partial charge in [-0.25, -0.2) is 15.0 Å². The van der Waals surface area contributed by atoms with Crippen LogP contribution in [0.5, 0.6) is 5.75 Å². The monoisotopic (exact) mass is 439 g/mol. The van der Waals surface area contributed by atoms with Crippen molar-refractivity contribution in [2.24, 2.45) is 0 Å². The van der Waals surface area contributed by atoms with Crippen molar-refractivity contribution < 1.29 is 17.9 Å². The zero-order valence-corrected chi connectivity index (χ0v) is 16.5. The number of nitriles is 1. The molecular weight excluding hydrogens is 423 g/mol. The number of nitrogens with zero attached hydrogens (tertiary/aromatic N) is 5. The lowest BCUT2D eigenvalue weighted by molar-refractivity contribution is -0.274. The summed E-state index contributed by atoms with van der Waals surface area (Å²) in [5.74, 6) is 0.866. The van der Waals surface area contributed by atoms with Crippen molar-refractivity contribution in [3.05, 3.63) is 66.6 Å². The zero-order chi connectivity index (χ0) is 22.6. The van der Waals surface area contributed by atoms with Gasteiger partial charge in [0.2, 0.25) is 5.95 Å². The summed E-state index contributed by atoms with van der Waals surface area (Å²) < 4.78 is 42.8. The smallest absolute Gasteiger partial charge is 0.406 e. The number of ether oxygens (including phenoxy) is 1. The van der Waals surface area contributed by atoms with Crippen molar-refractivity contribution in [2.45, 2.75) is 6.36 Å². The van der Waals surface area contributed by atoms with Crippen molar-refractivity contribution in [1.82, 2.24) is 19.4 Å². The molecule has 0 atom stereocenters. The van der Waals surface area contributed by atoms with Crippen molar-refractivity contribution in [2.75, 3.05) is 23.7 Å². The van der Waals surface area contributed by atoms with Gasteiger partial charge in [-0.15, -0.1) is 13.2 Å². The van der Waals surface area contributed by atoms with E-state index in [4.69, 9.17) is 5.26 Å². The molecule has 1 aromatic carbocycles. The van der Waals surface area contributed by atoms with Gasteiger partial charge in [-0.1, -0.05) is 0 Å². The second-order valence-corrected chi connectivity index (χ2v) is 6.59. The number of anilines is 2. The second kappa shape index (κ2) is 8.81. The Morgan fingerprint density at radius 1 is 1.03 bits per heavy atom. The van der Waals surface area contributed by atoms with Crippen LogP contribution in [0.1, 0.15) is 5.56 Å². The molecule has 3 aromatic heterocycles. The molecule has 32 heavy (non-hydrogen) atoms. The number of imidazole rings is 1. The van der Waals surface area contributed by atoms with E-state index >= 15 is 0 Å². The van der Waals surface area contributed by atoms with Gasteiger partial charge in [-0.3, -0.25) is 4.40 Å². The number of pyridine rings is 1. The fourth-order valence-electron chi connectivity index (χ4n) is 2.95. The lowest BCUT2D eigenvalue weighted by Crippen LogP contribution is -2.17. The SMILES string of the molecule is N#Cc1ccc(NCCNc2nc(-c3ccc(OC(F)(F)F)cc3)cc3nccn23)nc1. The Kier molecular flexibility index (Phi) is 5.76. The first-order valence-electron chi connectivity index (χ1n) is 9.45. The third-order valence-corrected chi connectivity index (χ3v) is 4.38. The van der Waals surface area contributed by atoms with E-state index < -0.39 is 6.36 Å². The van der Waals surface area contributed by atoms with Gasteiger partial charge in [0.1, 0.15) is 23.3 Å². The van der Waals surface area contributed by atoms with Crippen molar-refractivity contribution in [3.63, 3.8) is 0 Å². The molecule has 0 spiro atoms. The molecule has 0 amide bonds. The summed E-state index contributed by atoms with van der Waals surface area (Å²) in [4.78, 5) is 13.0. The number of hydrogen-bond donors (Lipinski definition) is 2. The van der Waals surface area contributed by atoms with Crippen LogP contribution >= 0.6 is 0 Å². The van der Waals surface area contributed by atoms with Crippen LogP contribution in [0.25, 0.3) is 16.9 Å². The number of rotatable bonds is 7. The Hall–Kier alpha value is -4.33. The molecular formula is C21H16F3N7O. The second-order valence-electron chi connectivity index (χ2n) is 6.59. The molecule has 0 saturated heterocycles. The number of hydrogen-bond acceptors (Lipinski definition) is 7. The fourth-order valence-corrected chi connectivity index (χ4v) is 2.95. The predicted octanol–water partition coefficient (Wildman–Crippen LogP) is 4.09. The molecule has 0 radical (unpaired) electrons. The Bertz CT molecular complexity index is 1250. The van der Waals surface area contributed by atoms with Gasteiger partial charge >= 0.3 is 6.36 Å². The van der Waals surface area contributed by atoms with Gasteiger partial charge in [-0.05, 0) is 36.4 Å². The van der Waals surface area contributed by atoms with Crippen LogP contribution in [0, 0.1) is 11.3 Å². The third kappa shape index (κ3) is 5.04. The molecule has 0 bridgehead atoms. The van der Waals surface area contributed by atoms with Crippen LogP contribution in [-0.2, 0) is 0 Å². The summed E-state index contributed by atoms with van der Waals surface area (Å²) in [7, 11) is 0. The lowest BCUT2D eigenvalue weighted by Gasteiger charge is -2.12. The number of aromatic nitrogens is 4. The van der Waals surface area contributed by atoms with E-state index in [0.717, 1.165) is 0 Å². The molecule has 0 aliphatic rings.